The topological polar surface area (TPSA) is 54.4 Å². The van der Waals surface area contributed by atoms with Gasteiger partial charge in [-0.05, 0) is 38.0 Å². The van der Waals surface area contributed by atoms with Crippen LogP contribution in [-0.2, 0) is 4.79 Å². The maximum absolute atomic E-state index is 12.6. The van der Waals surface area contributed by atoms with E-state index >= 15 is 0 Å². The Bertz CT molecular complexity index is 517. The number of Topliss-reactive ketones (excluding diaryl/α,β-unsaturated/α-hetero) is 1. The lowest BCUT2D eigenvalue weighted by molar-refractivity contribution is -0.144. The highest BCUT2D eigenvalue weighted by atomic mass is 16.4. The molecule has 1 aromatic rings. The summed E-state index contributed by atoms with van der Waals surface area (Å²) in [7, 11) is 0. The van der Waals surface area contributed by atoms with E-state index in [-0.39, 0.29) is 23.5 Å². The maximum atomic E-state index is 12.6. The van der Waals surface area contributed by atoms with Crippen molar-refractivity contribution >= 4 is 11.8 Å². The van der Waals surface area contributed by atoms with Gasteiger partial charge in [0.05, 0.1) is 5.92 Å². The highest BCUT2D eigenvalue weighted by Gasteiger charge is 2.53. The highest BCUT2D eigenvalue weighted by molar-refractivity contribution is 6.00. The van der Waals surface area contributed by atoms with Gasteiger partial charge in [-0.3, -0.25) is 9.59 Å². The van der Waals surface area contributed by atoms with Gasteiger partial charge < -0.3 is 5.11 Å². The molecule has 0 spiro atoms. The lowest BCUT2D eigenvalue weighted by Gasteiger charge is -2.26. The summed E-state index contributed by atoms with van der Waals surface area (Å²) in [6.07, 6.45) is 2.90. The molecule has 0 aromatic heterocycles. The maximum Gasteiger partial charge on any atom is 0.307 e. The number of hydrogen-bond donors (Lipinski definition) is 1. The summed E-state index contributed by atoms with van der Waals surface area (Å²) in [6, 6.07) is 7.47. The van der Waals surface area contributed by atoms with Crippen LogP contribution in [0.5, 0.6) is 0 Å². The van der Waals surface area contributed by atoms with Gasteiger partial charge in [-0.15, -0.1) is 0 Å². The van der Waals surface area contributed by atoms with Crippen molar-refractivity contribution in [1.82, 2.24) is 0 Å². The van der Waals surface area contributed by atoms with Crippen molar-refractivity contribution in [3.63, 3.8) is 0 Å². The second-order valence-corrected chi connectivity index (χ2v) is 5.95. The number of carboxylic acid groups (broad SMARTS) is 1. The molecule has 4 atom stereocenters. The van der Waals surface area contributed by atoms with Gasteiger partial charge >= 0.3 is 5.97 Å². The molecule has 0 unspecified atom stereocenters. The fourth-order valence-corrected chi connectivity index (χ4v) is 3.93. The van der Waals surface area contributed by atoms with E-state index in [2.05, 4.69) is 0 Å². The molecule has 2 aliphatic carbocycles. The standard InChI is InChI=1S/C16H18O3/c1-9-2-4-10(5-3-9)15(17)13-11-6-7-12(8-11)14(13)16(18)19/h2-5,11-14H,6-8H2,1H3,(H,18,19)/t11-,12+,13-,14+/m1/s1. The number of carboxylic acids is 1. The van der Waals surface area contributed by atoms with Crippen LogP contribution < -0.4 is 0 Å². The van der Waals surface area contributed by atoms with Gasteiger partial charge in [0.1, 0.15) is 0 Å². The minimum absolute atomic E-state index is 0.0274. The minimum atomic E-state index is -0.794. The number of aliphatic carboxylic acids is 1. The van der Waals surface area contributed by atoms with Crippen molar-refractivity contribution in [3.8, 4) is 0 Å². The summed E-state index contributed by atoms with van der Waals surface area (Å²) >= 11 is 0. The molecule has 0 radical (unpaired) electrons. The van der Waals surface area contributed by atoms with E-state index in [4.69, 9.17) is 0 Å². The van der Waals surface area contributed by atoms with Crippen molar-refractivity contribution in [2.45, 2.75) is 26.2 Å². The van der Waals surface area contributed by atoms with Crippen LogP contribution in [0.4, 0.5) is 0 Å². The first-order valence-corrected chi connectivity index (χ1v) is 6.91. The quantitative estimate of drug-likeness (QED) is 0.848. The lowest BCUT2D eigenvalue weighted by Crippen LogP contribution is -2.34. The molecular formula is C16H18O3. The molecule has 0 saturated heterocycles. The third kappa shape index (κ3) is 1.97. The Morgan fingerprint density at radius 3 is 2.21 bits per heavy atom. The van der Waals surface area contributed by atoms with Gasteiger partial charge in [0.25, 0.3) is 0 Å². The summed E-state index contributed by atoms with van der Waals surface area (Å²) in [5.74, 6) is -1.05. The molecule has 0 amide bonds. The van der Waals surface area contributed by atoms with Gasteiger partial charge in [0, 0.05) is 11.5 Å². The predicted octanol–water partition coefficient (Wildman–Crippen LogP) is 2.92. The zero-order valence-corrected chi connectivity index (χ0v) is 11.0. The van der Waals surface area contributed by atoms with Gasteiger partial charge in [0.15, 0.2) is 5.78 Å². The number of fused-ring (bicyclic) bond motifs is 2. The molecule has 100 valence electrons. The smallest absolute Gasteiger partial charge is 0.307 e. The highest BCUT2D eigenvalue weighted by Crippen LogP contribution is 2.53. The predicted molar refractivity (Wildman–Crippen MR) is 71.0 cm³/mol. The number of carbonyl (C=O) groups is 2. The molecule has 19 heavy (non-hydrogen) atoms. The second-order valence-electron chi connectivity index (χ2n) is 5.95. The van der Waals surface area contributed by atoms with Crippen molar-refractivity contribution in [2.75, 3.05) is 0 Å². The number of hydrogen-bond acceptors (Lipinski definition) is 2. The summed E-state index contributed by atoms with van der Waals surface area (Å²) in [5.41, 5.74) is 1.77. The van der Waals surface area contributed by atoms with Crippen molar-refractivity contribution in [1.29, 1.82) is 0 Å². The zero-order chi connectivity index (χ0) is 13.6. The van der Waals surface area contributed by atoms with Crippen LogP contribution in [-0.4, -0.2) is 16.9 Å². The average Bonchev–Trinajstić information content (AvgIpc) is 2.98. The number of ketones is 1. The molecule has 2 fully saturated rings. The van der Waals surface area contributed by atoms with Crippen molar-refractivity contribution in [2.24, 2.45) is 23.7 Å². The molecular weight excluding hydrogens is 240 g/mol. The molecule has 3 rings (SSSR count). The van der Waals surface area contributed by atoms with Gasteiger partial charge in [-0.2, -0.15) is 0 Å². The average molecular weight is 258 g/mol. The minimum Gasteiger partial charge on any atom is -0.481 e. The molecule has 0 aliphatic heterocycles. The first kappa shape index (κ1) is 12.4. The third-order valence-corrected chi connectivity index (χ3v) is 4.84. The number of aryl methyl sites for hydroxylation is 1. The van der Waals surface area contributed by atoms with Crippen LogP contribution in [0.3, 0.4) is 0 Å². The zero-order valence-electron chi connectivity index (χ0n) is 11.0. The largest absolute Gasteiger partial charge is 0.481 e. The first-order valence-electron chi connectivity index (χ1n) is 6.91. The Labute approximate surface area is 112 Å². The summed E-state index contributed by atoms with van der Waals surface area (Å²) in [5, 5.41) is 9.39. The van der Waals surface area contributed by atoms with E-state index in [0.717, 1.165) is 24.8 Å². The van der Waals surface area contributed by atoms with Crippen molar-refractivity contribution in [3.05, 3.63) is 35.4 Å². The van der Waals surface area contributed by atoms with Crippen LogP contribution in [0.25, 0.3) is 0 Å². The normalized spacial score (nSPS) is 32.5. The number of carbonyl (C=O) groups excluding carboxylic acids is 1. The third-order valence-electron chi connectivity index (χ3n) is 4.84. The molecule has 1 aromatic carbocycles. The molecule has 3 nitrogen and oxygen atoms in total. The van der Waals surface area contributed by atoms with E-state index in [1.807, 2.05) is 31.2 Å². The molecule has 3 heteroatoms. The van der Waals surface area contributed by atoms with E-state index in [0.29, 0.717) is 5.56 Å². The first-order chi connectivity index (χ1) is 9.08. The summed E-state index contributed by atoms with van der Waals surface area (Å²) < 4.78 is 0. The van der Waals surface area contributed by atoms with Gasteiger partial charge in [-0.1, -0.05) is 29.8 Å². The van der Waals surface area contributed by atoms with E-state index in [9.17, 15) is 14.7 Å². The van der Waals surface area contributed by atoms with Crippen LogP contribution in [0.2, 0.25) is 0 Å². The van der Waals surface area contributed by atoms with Crippen LogP contribution in [0.1, 0.15) is 35.2 Å². The summed E-state index contributed by atoms with van der Waals surface area (Å²) in [4.78, 5) is 24.0. The van der Waals surface area contributed by atoms with Crippen LogP contribution in [0.15, 0.2) is 24.3 Å². The number of rotatable bonds is 3. The van der Waals surface area contributed by atoms with Crippen LogP contribution >= 0.6 is 0 Å². The molecule has 2 bridgehead atoms. The molecule has 1 N–H and O–H groups in total. The molecule has 0 heterocycles. The van der Waals surface area contributed by atoms with Gasteiger partial charge in [0.2, 0.25) is 0 Å². The number of benzene rings is 1. The molecule has 2 saturated carbocycles. The van der Waals surface area contributed by atoms with E-state index in [1.165, 1.54) is 0 Å². The Kier molecular flexibility index (Phi) is 2.92. The Hall–Kier alpha value is -1.64. The summed E-state index contributed by atoms with van der Waals surface area (Å²) in [6.45, 7) is 1.98. The Morgan fingerprint density at radius 2 is 1.63 bits per heavy atom. The molecule has 2 aliphatic rings. The Balaban J connectivity index is 1.90. The van der Waals surface area contributed by atoms with E-state index < -0.39 is 11.9 Å². The Morgan fingerprint density at radius 1 is 1.05 bits per heavy atom. The van der Waals surface area contributed by atoms with Crippen LogP contribution in [0, 0.1) is 30.6 Å². The van der Waals surface area contributed by atoms with Gasteiger partial charge in [-0.25, -0.2) is 0 Å². The van der Waals surface area contributed by atoms with E-state index in [1.54, 1.807) is 0 Å². The fourth-order valence-electron chi connectivity index (χ4n) is 3.93. The fraction of sp³-hybridized carbons (Fsp3) is 0.500. The van der Waals surface area contributed by atoms with Crippen molar-refractivity contribution < 1.29 is 14.7 Å². The SMILES string of the molecule is Cc1ccc(C(=O)[C@@H]2[C@@H]3CC[C@@H](C3)[C@@H]2C(=O)O)cc1. The second kappa shape index (κ2) is 4.48. The lowest BCUT2D eigenvalue weighted by atomic mass is 9.75. The monoisotopic (exact) mass is 258 g/mol.